The van der Waals surface area contributed by atoms with Crippen LogP contribution in [0.4, 0.5) is 0 Å². The van der Waals surface area contributed by atoms with E-state index in [9.17, 15) is 13.2 Å². The van der Waals surface area contributed by atoms with Crippen LogP contribution in [-0.4, -0.2) is 51.7 Å². The molecule has 0 radical (unpaired) electrons. The standard InChI is InChI=1S/C24H26N2O5S/c1-30-22-14-19-9-11-26(16-21(19)15-23(22)31-2)32(28,29)12-10-25-24(27)20-8-7-17-5-3-4-6-18(17)13-20/h3-8,13-15H,9-12,16H2,1-2H3,(H,25,27). The second-order valence-corrected chi connectivity index (χ2v) is 9.78. The number of fused-ring (bicyclic) bond motifs is 2. The Morgan fingerprint density at radius 2 is 1.66 bits per heavy atom. The quantitative estimate of drug-likeness (QED) is 0.593. The first-order chi connectivity index (χ1) is 15.4. The number of hydrogen-bond acceptors (Lipinski definition) is 5. The average molecular weight is 455 g/mol. The van der Waals surface area contributed by atoms with E-state index < -0.39 is 10.0 Å². The van der Waals surface area contributed by atoms with Gasteiger partial charge >= 0.3 is 0 Å². The monoisotopic (exact) mass is 454 g/mol. The van der Waals surface area contributed by atoms with Crippen molar-refractivity contribution in [2.24, 2.45) is 0 Å². The van der Waals surface area contributed by atoms with Crippen molar-refractivity contribution in [2.45, 2.75) is 13.0 Å². The fourth-order valence-corrected chi connectivity index (χ4v) is 5.27. The van der Waals surface area contributed by atoms with E-state index in [-0.39, 0.29) is 24.7 Å². The van der Waals surface area contributed by atoms with E-state index in [0.717, 1.165) is 21.9 Å². The first kappa shape index (κ1) is 22.1. The van der Waals surface area contributed by atoms with Gasteiger partial charge in [-0.15, -0.1) is 0 Å². The van der Waals surface area contributed by atoms with Crippen LogP contribution >= 0.6 is 0 Å². The van der Waals surface area contributed by atoms with Crippen molar-refractivity contribution in [2.75, 3.05) is 33.1 Å². The van der Waals surface area contributed by atoms with Gasteiger partial charge in [0.2, 0.25) is 10.0 Å². The van der Waals surface area contributed by atoms with Gasteiger partial charge in [-0.05, 0) is 52.6 Å². The van der Waals surface area contributed by atoms with E-state index >= 15 is 0 Å². The number of ether oxygens (including phenoxy) is 2. The van der Waals surface area contributed by atoms with E-state index in [4.69, 9.17) is 9.47 Å². The fourth-order valence-electron chi connectivity index (χ4n) is 3.95. The minimum Gasteiger partial charge on any atom is -0.493 e. The van der Waals surface area contributed by atoms with Crippen LogP contribution in [0, 0.1) is 0 Å². The van der Waals surface area contributed by atoms with Crippen LogP contribution in [0.1, 0.15) is 21.5 Å². The third-order valence-corrected chi connectivity index (χ3v) is 7.55. The van der Waals surface area contributed by atoms with E-state index in [1.54, 1.807) is 20.3 Å². The molecule has 0 saturated carbocycles. The predicted molar refractivity (Wildman–Crippen MR) is 124 cm³/mol. The molecule has 0 fully saturated rings. The maximum Gasteiger partial charge on any atom is 0.251 e. The molecule has 1 aliphatic rings. The van der Waals surface area contributed by atoms with Crippen molar-refractivity contribution >= 4 is 26.7 Å². The van der Waals surface area contributed by atoms with Crippen LogP contribution in [0.2, 0.25) is 0 Å². The normalized spacial score (nSPS) is 14.1. The summed E-state index contributed by atoms with van der Waals surface area (Å²) >= 11 is 0. The summed E-state index contributed by atoms with van der Waals surface area (Å²) < 4.78 is 37.9. The maximum atomic E-state index is 12.9. The summed E-state index contributed by atoms with van der Waals surface area (Å²) in [6.07, 6.45) is 0.596. The van der Waals surface area contributed by atoms with E-state index in [1.165, 1.54) is 4.31 Å². The summed E-state index contributed by atoms with van der Waals surface area (Å²) in [4.78, 5) is 12.5. The molecular formula is C24H26N2O5S. The van der Waals surface area contributed by atoms with Gasteiger partial charge in [-0.2, -0.15) is 4.31 Å². The third-order valence-electron chi connectivity index (χ3n) is 5.73. The van der Waals surface area contributed by atoms with Crippen molar-refractivity contribution in [3.05, 3.63) is 71.3 Å². The largest absolute Gasteiger partial charge is 0.493 e. The van der Waals surface area contributed by atoms with Gasteiger partial charge in [-0.1, -0.05) is 30.3 Å². The minimum absolute atomic E-state index is 0.0449. The second-order valence-electron chi connectivity index (χ2n) is 7.69. The molecule has 0 bridgehead atoms. The molecular weight excluding hydrogens is 428 g/mol. The number of amides is 1. The van der Waals surface area contributed by atoms with Crippen LogP contribution in [0.3, 0.4) is 0 Å². The second kappa shape index (κ2) is 9.18. The van der Waals surface area contributed by atoms with Crippen molar-refractivity contribution in [1.29, 1.82) is 0 Å². The van der Waals surface area contributed by atoms with Gasteiger partial charge < -0.3 is 14.8 Å². The summed E-state index contributed by atoms with van der Waals surface area (Å²) in [5, 5.41) is 4.74. The lowest BCUT2D eigenvalue weighted by Gasteiger charge is -2.29. The van der Waals surface area contributed by atoms with Crippen molar-refractivity contribution in [1.82, 2.24) is 9.62 Å². The van der Waals surface area contributed by atoms with Crippen molar-refractivity contribution < 1.29 is 22.7 Å². The SMILES string of the molecule is COc1cc2c(cc1OC)CN(S(=O)(=O)CCNC(=O)c1ccc3ccccc3c1)CC2. The Labute approximate surface area is 188 Å². The summed E-state index contributed by atoms with van der Waals surface area (Å²) in [6, 6.07) is 16.9. The Hall–Kier alpha value is -3.10. The average Bonchev–Trinajstić information content (AvgIpc) is 2.82. The molecule has 4 rings (SSSR count). The molecule has 3 aromatic rings. The Kier molecular flexibility index (Phi) is 6.34. The zero-order chi connectivity index (χ0) is 22.7. The highest BCUT2D eigenvalue weighted by Crippen LogP contribution is 2.33. The number of methoxy groups -OCH3 is 2. The van der Waals surface area contributed by atoms with Gasteiger partial charge in [0, 0.05) is 25.2 Å². The van der Waals surface area contributed by atoms with Crippen LogP contribution in [-0.2, 0) is 23.0 Å². The number of rotatable bonds is 7. The summed E-state index contributed by atoms with van der Waals surface area (Å²) in [5.41, 5.74) is 2.46. The van der Waals surface area contributed by atoms with Crippen LogP contribution < -0.4 is 14.8 Å². The molecule has 0 aromatic heterocycles. The van der Waals surface area contributed by atoms with Gasteiger partial charge in [0.05, 0.1) is 20.0 Å². The van der Waals surface area contributed by atoms with Gasteiger partial charge in [0.25, 0.3) is 5.91 Å². The Morgan fingerprint density at radius 1 is 0.969 bits per heavy atom. The van der Waals surface area contributed by atoms with Gasteiger partial charge in [0.15, 0.2) is 11.5 Å². The lowest BCUT2D eigenvalue weighted by atomic mass is 10.0. The molecule has 7 nitrogen and oxygen atoms in total. The molecule has 168 valence electrons. The highest BCUT2D eigenvalue weighted by Gasteiger charge is 2.27. The zero-order valence-corrected chi connectivity index (χ0v) is 18.9. The highest BCUT2D eigenvalue weighted by atomic mass is 32.2. The predicted octanol–water partition coefficient (Wildman–Crippen LogP) is 2.97. The Bertz CT molecular complexity index is 1260. The van der Waals surface area contributed by atoms with Crippen LogP contribution in [0.15, 0.2) is 54.6 Å². The number of benzene rings is 3. The number of hydrogen-bond donors (Lipinski definition) is 1. The van der Waals surface area contributed by atoms with Gasteiger partial charge in [-0.3, -0.25) is 4.79 Å². The third kappa shape index (κ3) is 4.56. The lowest BCUT2D eigenvalue weighted by Crippen LogP contribution is -2.40. The molecule has 8 heteroatoms. The number of carbonyl (C=O) groups is 1. The maximum absolute atomic E-state index is 12.9. The first-order valence-corrected chi connectivity index (χ1v) is 12.0. The summed E-state index contributed by atoms with van der Waals surface area (Å²) in [5.74, 6) is 0.772. The smallest absolute Gasteiger partial charge is 0.251 e. The topological polar surface area (TPSA) is 84.9 Å². The van der Waals surface area contributed by atoms with Crippen LogP contribution in [0.25, 0.3) is 10.8 Å². The summed E-state index contributed by atoms with van der Waals surface area (Å²) in [7, 11) is -0.393. The fraction of sp³-hybridized carbons (Fsp3) is 0.292. The van der Waals surface area contributed by atoms with Crippen molar-refractivity contribution in [3.63, 3.8) is 0 Å². The minimum atomic E-state index is -3.53. The molecule has 0 saturated heterocycles. The van der Waals surface area contributed by atoms with Crippen LogP contribution in [0.5, 0.6) is 11.5 Å². The Balaban J connectivity index is 1.38. The molecule has 1 amide bonds. The first-order valence-electron chi connectivity index (χ1n) is 10.4. The molecule has 1 heterocycles. The Morgan fingerprint density at radius 3 is 2.38 bits per heavy atom. The highest BCUT2D eigenvalue weighted by molar-refractivity contribution is 7.89. The zero-order valence-electron chi connectivity index (χ0n) is 18.1. The lowest BCUT2D eigenvalue weighted by molar-refractivity contribution is 0.0956. The van der Waals surface area contributed by atoms with E-state index in [0.29, 0.717) is 30.0 Å². The molecule has 32 heavy (non-hydrogen) atoms. The number of sulfonamides is 1. The molecule has 0 unspecified atom stereocenters. The number of carbonyl (C=O) groups excluding carboxylic acids is 1. The van der Waals surface area contributed by atoms with E-state index in [2.05, 4.69) is 5.32 Å². The molecule has 0 aliphatic carbocycles. The molecule has 3 aromatic carbocycles. The summed E-state index contributed by atoms with van der Waals surface area (Å²) in [6.45, 7) is 0.712. The van der Waals surface area contributed by atoms with Gasteiger partial charge in [-0.25, -0.2) is 8.42 Å². The van der Waals surface area contributed by atoms with E-state index in [1.807, 2.05) is 48.5 Å². The number of nitrogens with one attached hydrogen (secondary N) is 1. The van der Waals surface area contributed by atoms with Crippen molar-refractivity contribution in [3.8, 4) is 11.5 Å². The molecule has 1 N–H and O–H groups in total. The number of nitrogens with zero attached hydrogens (tertiary/aromatic N) is 1. The molecule has 1 aliphatic heterocycles. The van der Waals surface area contributed by atoms with Gasteiger partial charge in [0.1, 0.15) is 0 Å². The molecule has 0 spiro atoms. The molecule has 0 atom stereocenters.